The van der Waals surface area contributed by atoms with Crippen LogP contribution in [0.5, 0.6) is 5.75 Å². The van der Waals surface area contributed by atoms with E-state index in [4.69, 9.17) is 20.8 Å². The summed E-state index contributed by atoms with van der Waals surface area (Å²) in [7, 11) is 1.31. The summed E-state index contributed by atoms with van der Waals surface area (Å²) >= 11 is 6.12. The third kappa shape index (κ3) is 4.96. The Morgan fingerprint density at radius 3 is 2.69 bits per heavy atom. The third-order valence-corrected chi connectivity index (χ3v) is 4.66. The molecule has 35 heavy (non-hydrogen) atoms. The van der Waals surface area contributed by atoms with Crippen LogP contribution in [0.2, 0.25) is 5.02 Å². The van der Waals surface area contributed by atoms with Crippen LogP contribution in [-0.2, 0) is 4.79 Å². The number of halogens is 5. The molecule has 0 saturated heterocycles. The van der Waals surface area contributed by atoms with Gasteiger partial charge in [-0.15, -0.1) is 0 Å². The maximum absolute atomic E-state index is 14.4. The molecule has 0 saturated carbocycles. The van der Waals surface area contributed by atoms with Crippen molar-refractivity contribution in [2.45, 2.75) is 6.18 Å². The van der Waals surface area contributed by atoms with Crippen LogP contribution < -0.4 is 26.0 Å². The number of nitrogens with zero attached hydrogens (tertiary/aromatic N) is 3. The number of carbonyl (C=O) groups is 1. The summed E-state index contributed by atoms with van der Waals surface area (Å²) in [6.07, 6.45) is -4.12. The Hall–Kier alpha value is -4.33. The number of ether oxygens (including phenoxy) is 1. The fraction of sp³-hybridized carbons (Fsp3) is 0.100. The number of alkyl halides is 3. The van der Waals surface area contributed by atoms with E-state index in [2.05, 4.69) is 25.4 Å². The van der Waals surface area contributed by atoms with E-state index in [9.17, 15) is 27.2 Å². The van der Waals surface area contributed by atoms with Gasteiger partial charge in [-0.25, -0.2) is 19.0 Å². The Bertz CT molecular complexity index is 1490. The molecule has 4 aromatic rings. The zero-order chi connectivity index (χ0) is 25.3. The average molecular weight is 514 g/mol. The van der Waals surface area contributed by atoms with Crippen molar-refractivity contribution in [3.05, 3.63) is 64.0 Å². The van der Waals surface area contributed by atoms with Crippen molar-refractivity contribution in [2.24, 2.45) is 0 Å². The molecular weight excluding hydrogens is 502 g/mol. The minimum absolute atomic E-state index is 0.00648. The topological polar surface area (TPSA) is 121 Å². The van der Waals surface area contributed by atoms with Gasteiger partial charge in [-0.2, -0.15) is 18.2 Å². The molecule has 15 heteroatoms. The second kappa shape index (κ2) is 9.13. The van der Waals surface area contributed by atoms with E-state index in [-0.39, 0.29) is 49.7 Å². The molecular formula is C20H12ClF4N5O5. The minimum Gasteiger partial charge on any atom is -0.494 e. The molecule has 2 aromatic heterocycles. The molecule has 0 aliphatic carbocycles. The van der Waals surface area contributed by atoms with Gasteiger partial charge in [0.1, 0.15) is 10.5 Å². The van der Waals surface area contributed by atoms with E-state index < -0.39 is 23.7 Å². The molecule has 0 amide bonds. The SMILES string of the molecule is COc1cccc(Nc2ncc(Cl)c(Nc3ccc4oc(=O)n(OC(=O)C(F)(F)F)c4c3)n2)c1F. The van der Waals surface area contributed by atoms with Gasteiger partial charge in [-0.1, -0.05) is 22.4 Å². The number of carbonyl (C=O) groups excluding carboxylic acids is 1. The lowest BCUT2D eigenvalue weighted by Gasteiger charge is -2.12. The molecule has 0 aliphatic rings. The zero-order valence-electron chi connectivity index (χ0n) is 17.3. The molecule has 2 N–H and O–H groups in total. The Morgan fingerprint density at radius 1 is 1.20 bits per heavy atom. The van der Waals surface area contributed by atoms with Crippen molar-refractivity contribution in [1.29, 1.82) is 0 Å². The quantitative estimate of drug-likeness (QED) is 0.366. The molecule has 4 rings (SSSR count). The summed E-state index contributed by atoms with van der Waals surface area (Å²) < 4.78 is 61.8. The Labute approximate surface area is 197 Å². The standard InChI is InChI=1S/C20H12ClF4N5O5/c1-33-14-4-2-3-11(15(14)22)28-18-26-8-10(21)16(29-18)27-9-5-6-13-12(7-9)30(19(32)34-13)35-17(31)20(23,24)25/h2-8H,1H3,(H2,26,27,28,29). The van der Waals surface area contributed by atoms with Crippen LogP contribution in [0.25, 0.3) is 11.1 Å². The van der Waals surface area contributed by atoms with E-state index in [0.29, 0.717) is 0 Å². The predicted octanol–water partition coefficient (Wildman–Crippen LogP) is 4.19. The van der Waals surface area contributed by atoms with Gasteiger partial charge >= 0.3 is 17.9 Å². The first-order valence-corrected chi connectivity index (χ1v) is 9.79. The number of methoxy groups -OCH3 is 1. The zero-order valence-corrected chi connectivity index (χ0v) is 18.1. The summed E-state index contributed by atoms with van der Waals surface area (Å²) in [4.78, 5) is 35.3. The number of anilines is 4. The summed E-state index contributed by atoms with van der Waals surface area (Å²) in [6, 6.07) is 8.21. The number of nitrogens with one attached hydrogen (secondary N) is 2. The number of hydrogen-bond acceptors (Lipinski definition) is 9. The molecule has 0 bridgehead atoms. The molecule has 0 aliphatic heterocycles. The van der Waals surface area contributed by atoms with E-state index >= 15 is 0 Å². The predicted molar refractivity (Wildman–Crippen MR) is 115 cm³/mol. The summed E-state index contributed by atoms with van der Waals surface area (Å²) in [5, 5.41) is 5.50. The van der Waals surface area contributed by atoms with Gasteiger partial charge in [-0.3, -0.25) is 0 Å². The molecule has 0 spiro atoms. The van der Waals surface area contributed by atoms with E-state index in [1.807, 2.05) is 0 Å². The van der Waals surface area contributed by atoms with Crippen molar-refractivity contribution < 1.29 is 36.3 Å². The molecule has 0 radical (unpaired) electrons. The Morgan fingerprint density at radius 2 is 1.97 bits per heavy atom. The second-order valence-corrected chi connectivity index (χ2v) is 7.09. The van der Waals surface area contributed by atoms with Crippen molar-refractivity contribution in [3.8, 4) is 5.75 Å². The first kappa shape index (κ1) is 23.8. The molecule has 0 fully saturated rings. The highest BCUT2D eigenvalue weighted by molar-refractivity contribution is 6.32. The van der Waals surface area contributed by atoms with E-state index in [1.165, 1.54) is 37.6 Å². The van der Waals surface area contributed by atoms with Gasteiger partial charge in [-0.05, 0) is 30.3 Å². The summed E-state index contributed by atoms with van der Waals surface area (Å²) in [5.74, 6) is -4.67. The van der Waals surface area contributed by atoms with Crippen LogP contribution in [0, 0.1) is 5.82 Å². The molecule has 0 atom stereocenters. The van der Waals surface area contributed by atoms with Gasteiger partial charge in [0.15, 0.2) is 23.0 Å². The van der Waals surface area contributed by atoms with Crippen molar-refractivity contribution >= 4 is 51.8 Å². The smallest absolute Gasteiger partial charge is 0.493 e. The maximum atomic E-state index is 14.4. The van der Waals surface area contributed by atoms with Crippen LogP contribution in [0.3, 0.4) is 0 Å². The lowest BCUT2D eigenvalue weighted by Crippen LogP contribution is -2.36. The molecule has 0 unspecified atom stereocenters. The lowest BCUT2D eigenvalue weighted by atomic mass is 10.3. The highest BCUT2D eigenvalue weighted by Gasteiger charge is 2.42. The van der Waals surface area contributed by atoms with Crippen molar-refractivity contribution in [3.63, 3.8) is 0 Å². The lowest BCUT2D eigenvalue weighted by molar-refractivity contribution is -0.200. The van der Waals surface area contributed by atoms with Crippen LogP contribution >= 0.6 is 11.6 Å². The summed E-state index contributed by atoms with van der Waals surface area (Å²) in [6.45, 7) is 0. The number of hydrogen-bond donors (Lipinski definition) is 2. The van der Waals surface area contributed by atoms with Crippen molar-refractivity contribution in [1.82, 2.24) is 14.7 Å². The number of rotatable bonds is 6. The van der Waals surface area contributed by atoms with E-state index in [0.717, 1.165) is 6.07 Å². The Kier molecular flexibility index (Phi) is 6.22. The first-order chi connectivity index (χ1) is 16.6. The van der Waals surface area contributed by atoms with Gasteiger partial charge in [0.05, 0.1) is 19.0 Å². The van der Waals surface area contributed by atoms with Gasteiger partial charge in [0, 0.05) is 5.69 Å². The number of benzene rings is 2. The average Bonchev–Trinajstić information content (AvgIpc) is 3.11. The molecule has 2 aromatic carbocycles. The number of fused-ring (bicyclic) bond motifs is 1. The highest BCUT2D eigenvalue weighted by Crippen LogP contribution is 2.29. The maximum Gasteiger partial charge on any atom is 0.493 e. The molecule has 2 heterocycles. The fourth-order valence-corrected chi connectivity index (χ4v) is 2.97. The molecule has 182 valence electrons. The largest absolute Gasteiger partial charge is 0.494 e. The minimum atomic E-state index is -5.33. The van der Waals surface area contributed by atoms with E-state index in [1.54, 1.807) is 6.07 Å². The Balaban J connectivity index is 1.63. The third-order valence-electron chi connectivity index (χ3n) is 4.38. The van der Waals surface area contributed by atoms with Gasteiger partial charge in [0.2, 0.25) is 5.95 Å². The first-order valence-electron chi connectivity index (χ1n) is 9.41. The monoisotopic (exact) mass is 513 g/mol. The molecule has 10 nitrogen and oxygen atoms in total. The fourth-order valence-electron chi connectivity index (χ4n) is 2.83. The summed E-state index contributed by atoms with van der Waals surface area (Å²) in [5.41, 5.74) is -0.234. The van der Waals surface area contributed by atoms with Crippen LogP contribution in [0.4, 0.5) is 40.7 Å². The number of aromatic nitrogens is 3. The van der Waals surface area contributed by atoms with Crippen LogP contribution in [-0.4, -0.2) is 34.0 Å². The number of oxazole rings is 1. The normalized spacial score (nSPS) is 11.4. The van der Waals surface area contributed by atoms with Gasteiger partial charge in [0.25, 0.3) is 0 Å². The van der Waals surface area contributed by atoms with Crippen LogP contribution in [0.1, 0.15) is 0 Å². The highest BCUT2D eigenvalue weighted by atomic mass is 35.5. The second-order valence-electron chi connectivity index (χ2n) is 6.68. The van der Waals surface area contributed by atoms with Gasteiger partial charge < -0.3 is 24.6 Å². The van der Waals surface area contributed by atoms with Crippen molar-refractivity contribution in [2.75, 3.05) is 17.7 Å². The van der Waals surface area contributed by atoms with Crippen LogP contribution in [0.15, 0.2) is 51.8 Å².